The topological polar surface area (TPSA) is 64.3 Å². The molecule has 0 unspecified atom stereocenters. The number of hydrogen-bond donors (Lipinski definition) is 2. The molecule has 0 amide bonds. The lowest BCUT2D eigenvalue weighted by Crippen LogP contribution is -2.33. The molecule has 0 aromatic heterocycles. The maximum absolute atomic E-state index is 11.9. The van der Waals surface area contributed by atoms with E-state index in [1.807, 2.05) is 0 Å². The fraction of sp³-hybridized carbons (Fsp3) is 0.632. The number of nitrogens with two attached hydrogens (primary N) is 1. The molecule has 0 aliphatic heterocycles. The van der Waals surface area contributed by atoms with E-state index in [4.69, 9.17) is 10.5 Å². The molecule has 23 heavy (non-hydrogen) atoms. The summed E-state index contributed by atoms with van der Waals surface area (Å²) in [7, 11) is 0. The van der Waals surface area contributed by atoms with Crippen molar-refractivity contribution in [3.05, 3.63) is 29.8 Å². The van der Waals surface area contributed by atoms with Gasteiger partial charge in [0.1, 0.15) is 0 Å². The van der Waals surface area contributed by atoms with Gasteiger partial charge in [-0.05, 0) is 61.9 Å². The normalized spacial score (nSPS) is 11.4. The van der Waals surface area contributed by atoms with Crippen LogP contribution >= 0.6 is 0 Å². The van der Waals surface area contributed by atoms with Crippen LogP contribution in [0.3, 0.4) is 0 Å². The zero-order valence-electron chi connectivity index (χ0n) is 15.0. The van der Waals surface area contributed by atoms with Crippen LogP contribution in [-0.2, 0) is 4.74 Å². The highest BCUT2D eigenvalue weighted by atomic mass is 16.5. The summed E-state index contributed by atoms with van der Waals surface area (Å²) in [5.74, 6) is 1.09. The minimum atomic E-state index is -0.286. The second-order valence-corrected chi connectivity index (χ2v) is 7.02. The quantitative estimate of drug-likeness (QED) is 0.390. The van der Waals surface area contributed by atoms with Gasteiger partial charge in [-0.25, -0.2) is 4.79 Å². The highest BCUT2D eigenvalue weighted by Gasteiger charge is 2.12. The standard InChI is InChI=1S/C19H32N2O2/c1-14(2)12-18(13-15(3)4)21-10-5-11-23-19(22)16-6-8-17(20)9-7-16/h6-9,14-15,18,21H,5,10-13,20H2,1-4H3. The predicted molar refractivity (Wildman–Crippen MR) is 96.5 cm³/mol. The number of rotatable bonds is 10. The molecule has 4 nitrogen and oxygen atoms in total. The molecule has 0 atom stereocenters. The monoisotopic (exact) mass is 320 g/mol. The molecule has 0 saturated carbocycles. The molecule has 4 heteroatoms. The Morgan fingerprint density at radius 1 is 1.09 bits per heavy atom. The van der Waals surface area contributed by atoms with E-state index < -0.39 is 0 Å². The number of ether oxygens (including phenoxy) is 1. The first-order chi connectivity index (χ1) is 10.9. The summed E-state index contributed by atoms with van der Waals surface area (Å²) in [4.78, 5) is 11.9. The predicted octanol–water partition coefficient (Wildman–Crippen LogP) is 3.87. The van der Waals surface area contributed by atoms with Crippen LogP contribution in [-0.4, -0.2) is 25.2 Å². The molecule has 1 aromatic rings. The number of esters is 1. The van der Waals surface area contributed by atoms with Crippen LogP contribution in [0.15, 0.2) is 24.3 Å². The second kappa shape index (κ2) is 10.3. The molecule has 0 aliphatic carbocycles. The van der Waals surface area contributed by atoms with E-state index in [0.29, 0.717) is 35.7 Å². The number of hydrogen-bond acceptors (Lipinski definition) is 4. The van der Waals surface area contributed by atoms with Gasteiger partial charge in [0, 0.05) is 11.7 Å². The van der Waals surface area contributed by atoms with Crippen molar-refractivity contribution in [1.82, 2.24) is 5.32 Å². The van der Waals surface area contributed by atoms with Crippen LogP contribution in [0.4, 0.5) is 5.69 Å². The molecular weight excluding hydrogens is 288 g/mol. The minimum absolute atomic E-state index is 0.286. The van der Waals surface area contributed by atoms with Crippen molar-refractivity contribution in [2.75, 3.05) is 18.9 Å². The summed E-state index contributed by atoms with van der Waals surface area (Å²) in [6.07, 6.45) is 3.19. The van der Waals surface area contributed by atoms with Crippen LogP contribution in [0.5, 0.6) is 0 Å². The molecule has 0 spiro atoms. The van der Waals surface area contributed by atoms with Crippen molar-refractivity contribution < 1.29 is 9.53 Å². The molecule has 1 aromatic carbocycles. The molecular formula is C19H32N2O2. The highest BCUT2D eigenvalue weighted by molar-refractivity contribution is 5.89. The Morgan fingerprint density at radius 2 is 1.65 bits per heavy atom. The van der Waals surface area contributed by atoms with Gasteiger partial charge in [-0.2, -0.15) is 0 Å². The van der Waals surface area contributed by atoms with Crippen molar-refractivity contribution in [3.63, 3.8) is 0 Å². The molecule has 0 radical (unpaired) electrons. The molecule has 0 aliphatic rings. The van der Waals surface area contributed by atoms with E-state index in [0.717, 1.165) is 13.0 Å². The Labute approximate surface area is 140 Å². The summed E-state index contributed by atoms with van der Waals surface area (Å²) in [5, 5.41) is 3.60. The van der Waals surface area contributed by atoms with Crippen molar-refractivity contribution in [2.45, 2.75) is 53.0 Å². The number of nitrogens with one attached hydrogen (secondary N) is 1. The Morgan fingerprint density at radius 3 is 2.17 bits per heavy atom. The lowest BCUT2D eigenvalue weighted by Gasteiger charge is -2.22. The molecule has 0 fully saturated rings. The summed E-state index contributed by atoms with van der Waals surface area (Å²) in [5.41, 5.74) is 6.79. The average molecular weight is 320 g/mol. The van der Waals surface area contributed by atoms with E-state index in [1.165, 1.54) is 12.8 Å². The van der Waals surface area contributed by atoms with E-state index in [1.54, 1.807) is 24.3 Å². The van der Waals surface area contributed by atoms with Crippen molar-refractivity contribution in [3.8, 4) is 0 Å². The first-order valence-electron chi connectivity index (χ1n) is 8.64. The first kappa shape index (κ1) is 19.5. The van der Waals surface area contributed by atoms with Crippen molar-refractivity contribution >= 4 is 11.7 Å². The largest absolute Gasteiger partial charge is 0.462 e. The van der Waals surface area contributed by atoms with Gasteiger partial charge >= 0.3 is 5.97 Å². The Hall–Kier alpha value is -1.55. The minimum Gasteiger partial charge on any atom is -0.462 e. The van der Waals surface area contributed by atoms with Crippen LogP contribution < -0.4 is 11.1 Å². The van der Waals surface area contributed by atoms with Gasteiger partial charge in [-0.1, -0.05) is 27.7 Å². The van der Waals surface area contributed by atoms with Crippen LogP contribution in [0, 0.1) is 11.8 Å². The van der Waals surface area contributed by atoms with Crippen LogP contribution in [0.25, 0.3) is 0 Å². The maximum atomic E-state index is 11.9. The van der Waals surface area contributed by atoms with Gasteiger partial charge in [-0.3, -0.25) is 0 Å². The lowest BCUT2D eigenvalue weighted by atomic mass is 9.95. The number of carbonyl (C=O) groups excluding carboxylic acids is 1. The summed E-state index contributed by atoms with van der Waals surface area (Å²) >= 11 is 0. The fourth-order valence-corrected chi connectivity index (χ4v) is 2.65. The smallest absolute Gasteiger partial charge is 0.338 e. The fourth-order valence-electron chi connectivity index (χ4n) is 2.65. The Balaban J connectivity index is 2.24. The molecule has 0 heterocycles. The zero-order chi connectivity index (χ0) is 17.2. The summed E-state index contributed by atoms with van der Waals surface area (Å²) in [6.45, 7) is 10.3. The van der Waals surface area contributed by atoms with Gasteiger partial charge in [0.25, 0.3) is 0 Å². The van der Waals surface area contributed by atoms with Gasteiger partial charge in [0.2, 0.25) is 0 Å². The Bertz CT molecular complexity index is 445. The van der Waals surface area contributed by atoms with Crippen LogP contribution in [0.1, 0.15) is 57.3 Å². The third-order valence-electron chi connectivity index (χ3n) is 3.65. The van der Waals surface area contributed by atoms with Crippen LogP contribution in [0.2, 0.25) is 0 Å². The molecule has 130 valence electrons. The van der Waals surface area contributed by atoms with Gasteiger partial charge < -0.3 is 15.8 Å². The number of anilines is 1. The van der Waals surface area contributed by atoms with Gasteiger partial charge in [-0.15, -0.1) is 0 Å². The van der Waals surface area contributed by atoms with Gasteiger partial charge in [0.15, 0.2) is 0 Å². The third kappa shape index (κ3) is 8.60. The second-order valence-electron chi connectivity index (χ2n) is 7.02. The molecule has 1 rings (SSSR count). The van der Waals surface area contributed by atoms with Gasteiger partial charge in [0.05, 0.1) is 12.2 Å². The molecule has 3 N–H and O–H groups in total. The number of carbonyl (C=O) groups is 1. The average Bonchev–Trinajstić information content (AvgIpc) is 2.46. The SMILES string of the molecule is CC(C)CC(CC(C)C)NCCCOC(=O)c1ccc(N)cc1. The third-order valence-corrected chi connectivity index (χ3v) is 3.65. The van der Waals surface area contributed by atoms with E-state index in [9.17, 15) is 4.79 Å². The summed E-state index contributed by atoms with van der Waals surface area (Å²) in [6, 6.07) is 7.35. The van der Waals surface area contributed by atoms with E-state index in [-0.39, 0.29) is 5.97 Å². The van der Waals surface area contributed by atoms with Crippen molar-refractivity contribution in [1.29, 1.82) is 0 Å². The lowest BCUT2D eigenvalue weighted by molar-refractivity contribution is 0.0500. The Kier molecular flexibility index (Phi) is 8.70. The number of benzene rings is 1. The zero-order valence-corrected chi connectivity index (χ0v) is 15.0. The van der Waals surface area contributed by atoms with E-state index in [2.05, 4.69) is 33.0 Å². The molecule has 0 bridgehead atoms. The first-order valence-corrected chi connectivity index (χ1v) is 8.64. The van der Waals surface area contributed by atoms with E-state index >= 15 is 0 Å². The number of nitrogen functional groups attached to an aromatic ring is 1. The van der Waals surface area contributed by atoms with Crippen molar-refractivity contribution in [2.24, 2.45) is 11.8 Å². The molecule has 0 saturated heterocycles. The highest BCUT2D eigenvalue weighted by Crippen LogP contribution is 2.13. The summed E-state index contributed by atoms with van der Waals surface area (Å²) < 4.78 is 5.29. The maximum Gasteiger partial charge on any atom is 0.338 e.